The van der Waals surface area contributed by atoms with Gasteiger partial charge in [-0.25, -0.2) is 4.98 Å². The van der Waals surface area contributed by atoms with Crippen molar-refractivity contribution in [1.29, 1.82) is 0 Å². The Morgan fingerprint density at radius 3 is 2.88 bits per heavy atom. The summed E-state index contributed by atoms with van der Waals surface area (Å²) in [6, 6.07) is 3.96. The van der Waals surface area contributed by atoms with Gasteiger partial charge in [0.05, 0.1) is 16.6 Å². The van der Waals surface area contributed by atoms with E-state index in [9.17, 15) is 0 Å². The van der Waals surface area contributed by atoms with Gasteiger partial charge in [0.15, 0.2) is 5.13 Å². The van der Waals surface area contributed by atoms with Crippen LogP contribution in [0.5, 0.6) is 0 Å². The molecule has 3 nitrogen and oxygen atoms in total. The van der Waals surface area contributed by atoms with Crippen molar-refractivity contribution in [3.8, 4) is 0 Å². The van der Waals surface area contributed by atoms with Crippen molar-refractivity contribution in [3.63, 3.8) is 0 Å². The molecule has 0 unspecified atom stereocenters. The predicted molar refractivity (Wildman–Crippen MR) is 71.4 cm³/mol. The van der Waals surface area contributed by atoms with Crippen LogP contribution in [-0.4, -0.2) is 12.0 Å². The summed E-state index contributed by atoms with van der Waals surface area (Å²) in [6.45, 7) is 1.32. The molecule has 2 N–H and O–H groups in total. The smallest absolute Gasteiger partial charge is 0.185 e. The molecule has 2 aromatic rings. The minimum Gasteiger partial charge on any atom is -0.346 e. The average Bonchev–Trinajstić information content (AvgIpc) is 2.87. The first-order valence-corrected chi connectivity index (χ1v) is 6.86. The number of hydrogen-bond donors (Lipinski definition) is 1. The maximum absolute atomic E-state index is 5.89. The molecule has 0 aromatic carbocycles. The second-order valence-corrected chi connectivity index (χ2v) is 6.02. The minimum atomic E-state index is 0.495. The Balaban J connectivity index is 2.05. The van der Waals surface area contributed by atoms with Crippen molar-refractivity contribution in [2.45, 2.75) is 13.1 Å². The van der Waals surface area contributed by atoms with Crippen LogP contribution in [0.4, 0.5) is 5.13 Å². The van der Waals surface area contributed by atoms with E-state index >= 15 is 0 Å². The SMILES string of the molecule is CN(Cc1ccc(Cl)s1)c1nc(CN)cs1. The van der Waals surface area contributed by atoms with E-state index in [4.69, 9.17) is 17.3 Å². The van der Waals surface area contributed by atoms with Gasteiger partial charge in [-0.1, -0.05) is 11.6 Å². The van der Waals surface area contributed by atoms with Gasteiger partial charge in [-0.2, -0.15) is 0 Å². The van der Waals surface area contributed by atoms with E-state index in [0.29, 0.717) is 6.54 Å². The third kappa shape index (κ3) is 2.74. The third-order valence-electron chi connectivity index (χ3n) is 2.10. The normalized spacial score (nSPS) is 10.7. The molecule has 16 heavy (non-hydrogen) atoms. The fourth-order valence-corrected chi connectivity index (χ4v) is 3.25. The number of nitrogens with zero attached hydrogens (tertiary/aromatic N) is 2. The molecule has 6 heteroatoms. The topological polar surface area (TPSA) is 42.2 Å². The Hall–Kier alpha value is -0.620. The molecular formula is C10H12ClN3S2. The highest BCUT2D eigenvalue weighted by molar-refractivity contribution is 7.16. The zero-order valence-corrected chi connectivity index (χ0v) is 11.2. The third-order valence-corrected chi connectivity index (χ3v) is 4.32. The summed E-state index contributed by atoms with van der Waals surface area (Å²) in [6.07, 6.45) is 0. The molecule has 2 rings (SSSR count). The number of aromatic nitrogens is 1. The van der Waals surface area contributed by atoms with E-state index in [2.05, 4.69) is 9.88 Å². The molecule has 0 fully saturated rings. The molecule has 0 amide bonds. The lowest BCUT2D eigenvalue weighted by Crippen LogP contribution is -2.15. The minimum absolute atomic E-state index is 0.495. The van der Waals surface area contributed by atoms with Crippen LogP contribution in [0.2, 0.25) is 4.34 Å². The monoisotopic (exact) mass is 273 g/mol. The van der Waals surface area contributed by atoms with Gasteiger partial charge in [-0.05, 0) is 12.1 Å². The highest BCUT2D eigenvalue weighted by Crippen LogP contribution is 2.25. The van der Waals surface area contributed by atoms with Crippen LogP contribution >= 0.6 is 34.3 Å². The van der Waals surface area contributed by atoms with Gasteiger partial charge in [-0.3, -0.25) is 0 Å². The summed E-state index contributed by atoms with van der Waals surface area (Å²) in [5.74, 6) is 0. The van der Waals surface area contributed by atoms with Crippen LogP contribution in [0.15, 0.2) is 17.5 Å². The van der Waals surface area contributed by atoms with Crippen LogP contribution in [0, 0.1) is 0 Å². The first-order chi connectivity index (χ1) is 7.69. The van der Waals surface area contributed by atoms with Gasteiger partial charge >= 0.3 is 0 Å². The lowest BCUT2D eigenvalue weighted by Gasteiger charge is -2.13. The van der Waals surface area contributed by atoms with Gasteiger partial charge in [-0.15, -0.1) is 22.7 Å². The lowest BCUT2D eigenvalue weighted by atomic mass is 10.4. The Morgan fingerprint density at radius 1 is 1.50 bits per heavy atom. The number of nitrogens with two attached hydrogens (primary N) is 1. The summed E-state index contributed by atoms with van der Waals surface area (Å²) >= 11 is 9.10. The summed E-state index contributed by atoms with van der Waals surface area (Å²) in [5, 5.41) is 2.98. The summed E-state index contributed by atoms with van der Waals surface area (Å²) in [5.41, 5.74) is 6.47. The first kappa shape index (κ1) is 11.9. The second kappa shape index (κ2) is 5.14. The zero-order chi connectivity index (χ0) is 11.5. The van der Waals surface area contributed by atoms with Crippen molar-refractivity contribution in [1.82, 2.24) is 4.98 Å². The van der Waals surface area contributed by atoms with Crippen LogP contribution in [0.1, 0.15) is 10.6 Å². The summed E-state index contributed by atoms with van der Waals surface area (Å²) < 4.78 is 0.824. The van der Waals surface area contributed by atoms with Crippen LogP contribution < -0.4 is 10.6 Å². The van der Waals surface area contributed by atoms with Crippen molar-refractivity contribution >= 4 is 39.4 Å². The molecule has 0 spiro atoms. The van der Waals surface area contributed by atoms with Gasteiger partial charge in [0.1, 0.15) is 0 Å². The van der Waals surface area contributed by atoms with Crippen molar-refractivity contribution in [2.75, 3.05) is 11.9 Å². The quantitative estimate of drug-likeness (QED) is 0.931. The largest absolute Gasteiger partial charge is 0.346 e. The average molecular weight is 274 g/mol. The van der Waals surface area contributed by atoms with Gasteiger partial charge < -0.3 is 10.6 Å². The fraction of sp³-hybridized carbons (Fsp3) is 0.300. The van der Waals surface area contributed by atoms with E-state index < -0.39 is 0 Å². The molecule has 2 heterocycles. The Morgan fingerprint density at radius 2 is 2.31 bits per heavy atom. The van der Waals surface area contributed by atoms with Gasteiger partial charge in [0.25, 0.3) is 0 Å². The van der Waals surface area contributed by atoms with E-state index in [-0.39, 0.29) is 0 Å². The van der Waals surface area contributed by atoms with Crippen molar-refractivity contribution in [2.24, 2.45) is 5.73 Å². The molecule has 0 saturated heterocycles. The van der Waals surface area contributed by atoms with Crippen molar-refractivity contribution in [3.05, 3.63) is 32.4 Å². The van der Waals surface area contributed by atoms with E-state index in [0.717, 1.165) is 21.7 Å². The van der Waals surface area contributed by atoms with Crippen LogP contribution in [0.3, 0.4) is 0 Å². The van der Waals surface area contributed by atoms with E-state index in [1.807, 2.05) is 24.6 Å². The van der Waals surface area contributed by atoms with Gasteiger partial charge in [0.2, 0.25) is 0 Å². The number of rotatable bonds is 4. The number of thiophene rings is 1. The molecule has 0 saturated carbocycles. The highest BCUT2D eigenvalue weighted by atomic mass is 35.5. The van der Waals surface area contributed by atoms with E-state index in [1.54, 1.807) is 22.7 Å². The fourth-order valence-electron chi connectivity index (χ4n) is 1.30. The molecule has 0 aliphatic heterocycles. The molecule has 86 valence electrons. The number of anilines is 1. The second-order valence-electron chi connectivity index (χ2n) is 3.39. The maximum atomic E-state index is 5.89. The Labute approximate surface area is 107 Å². The lowest BCUT2D eigenvalue weighted by molar-refractivity contribution is 0.913. The van der Waals surface area contributed by atoms with Gasteiger partial charge in [0, 0.05) is 23.8 Å². The maximum Gasteiger partial charge on any atom is 0.185 e. The molecular weight excluding hydrogens is 262 g/mol. The highest BCUT2D eigenvalue weighted by Gasteiger charge is 2.08. The van der Waals surface area contributed by atoms with Crippen LogP contribution in [-0.2, 0) is 13.1 Å². The molecule has 0 bridgehead atoms. The Kier molecular flexibility index (Phi) is 3.81. The zero-order valence-electron chi connectivity index (χ0n) is 8.81. The number of halogens is 1. The summed E-state index contributed by atoms with van der Waals surface area (Å²) in [7, 11) is 2.02. The predicted octanol–water partition coefficient (Wildman–Crippen LogP) is 2.95. The molecule has 0 aliphatic rings. The number of hydrogen-bond acceptors (Lipinski definition) is 5. The Bertz CT molecular complexity index is 466. The standard InChI is InChI=1S/C10H12ClN3S2/c1-14(5-8-2-3-9(11)16-8)10-13-7(4-12)6-15-10/h2-3,6H,4-5,12H2,1H3. The van der Waals surface area contributed by atoms with Crippen LogP contribution in [0.25, 0.3) is 0 Å². The molecule has 0 atom stereocenters. The van der Waals surface area contributed by atoms with Crippen molar-refractivity contribution < 1.29 is 0 Å². The molecule has 0 radical (unpaired) electrons. The summed E-state index contributed by atoms with van der Waals surface area (Å²) in [4.78, 5) is 7.76. The first-order valence-electron chi connectivity index (χ1n) is 4.79. The molecule has 2 aromatic heterocycles. The van der Waals surface area contributed by atoms with E-state index in [1.165, 1.54) is 4.88 Å². The molecule has 0 aliphatic carbocycles. The number of thiazole rings is 1.